The first kappa shape index (κ1) is 13.7. The number of benzene rings is 1. The van der Waals surface area contributed by atoms with E-state index in [2.05, 4.69) is 42.0 Å². The number of hydrogen-bond donors (Lipinski definition) is 1. The molecule has 0 amide bonds. The molecule has 1 aromatic rings. The fourth-order valence-corrected chi connectivity index (χ4v) is 2.07. The Balaban J connectivity index is 2.48. The minimum atomic E-state index is -0.154. The predicted octanol–water partition coefficient (Wildman–Crippen LogP) is 4.11. The smallest absolute Gasteiger partial charge is 0.128 e. The van der Waals surface area contributed by atoms with Crippen molar-refractivity contribution in [3.8, 4) is 0 Å². The summed E-state index contributed by atoms with van der Waals surface area (Å²) in [5.74, 6) is 0.510. The molecule has 1 rings (SSSR count). The maximum absolute atomic E-state index is 13.5. The highest BCUT2D eigenvalue weighted by atomic mass is 79.9. The highest BCUT2D eigenvalue weighted by Crippen LogP contribution is 2.15. The van der Waals surface area contributed by atoms with Crippen LogP contribution in [0, 0.1) is 11.7 Å². The molecule has 0 aromatic heterocycles. The van der Waals surface area contributed by atoms with E-state index in [0.29, 0.717) is 18.5 Å². The average Bonchev–Trinajstić information content (AvgIpc) is 2.15. The molecule has 0 spiro atoms. The van der Waals surface area contributed by atoms with E-state index >= 15 is 0 Å². The quantitative estimate of drug-likeness (QED) is 0.859. The molecule has 3 heteroatoms. The summed E-state index contributed by atoms with van der Waals surface area (Å²) in [6, 6.07) is 5.61. The van der Waals surface area contributed by atoms with Gasteiger partial charge in [0, 0.05) is 22.6 Å². The SMILES string of the molecule is CC(C)CC(C)NCc1ccc(Br)cc1F. The highest BCUT2D eigenvalue weighted by molar-refractivity contribution is 9.10. The number of rotatable bonds is 5. The fraction of sp³-hybridized carbons (Fsp3) is 0.538. The first-order valence-electron chi connectivity index (χ1n) is 5.66. The normalized spacial score (nSPS) is 13.1. The van der Waals surface area contributed by atoms with Crippen LogP contribution in [-0.4, -0.2) is 6.04 Å². The number of nitrogens with one attached hydrogen (secondary N) is 1. The van der Waals surface area contributed by atoms with Crippen molar-refractivity contribution in [1.29, 1.82) is 0 Å². The highest BCUT2D eigenvalue weighted by Gasteiger charge is 2.07. The van der Waals surface area contributed by atoms with Crippen LogP contribution in [0.15, 0.2) is 22.7 Å². The van der Waals surface area contributed by atoms with Gasteiger partial charge in [0.1, 0.15) is 5.82 Å². The Morgan fingerprint density at radius 3 is 2.56 bits per heavy atom. The second-order valence-electron chi connectivity index (χ2n) is 4.65. The fourth-order valence-electron chi connectivity index (χ4n) is 1.74. The van der Waals surface area contributed by atoms with Gasteiger partial charge in [0.05, 0.1) is 0 Å². The Hall–Kier alpha value is -0.410. The summed E-state index contributed by atoms with van der Waals surface area (Å²) in [7, 11) is 0. The van der Waals surface area contributed by atoms with E-state index < -0.39 is 0 Å². The molecular formula is C13H19BrFN. The lowest BCUT2D eigenvalue weighted by molar-refractivity contribution is 0.437. The molecule has 0 aliphatic carbocycles. The maximum atomic E-state index is 13.5. The lowest BCUT2D eigenvalue weighted by atomic mass is 10.1. The molecule has 1 nitrogen and oxygen atoms in total. The van der Waals surface area contributed by atoms with Crippen LogP contribution in [0.2, 0.25) is 0 Å². The van der Waals surface area contributed by atoms with Gasteiger partial charge in [-0.25, -0.2) is 4.39 Å². The molecule has 0 heterocycles. The topological polar surface area (TPSA) is 12.0 Å². The summed E-state index contributed by atoms with van der Waals surface area (Å²) in [6.45, 7) is 7.11. The predicted molar refractivity (Wildman–Crippen MR) is 69.9 cm³/mol. The van der Waals surface area contributed by atoms with Crippen LogP contribution in [-0.2, 0) is 6.54 Å². The Labute approximate surface area is 106 Å². The third-order valence-corrected chi connectivity index (χ3v) is 2.97. The molecule has 1 atom stereocenters. The minimum Gasteiger partial charge on any atom is -0.310 e. The van der Waals surface area contributed by atoms with Crippen molar-refractivity contribution in [3.05, 3.63) is 34.1 Å². The van der Waals surface area contributed by atoms with Crippen LogP contribution < -0.4 is 5.32 Å². The molecule has 0 fully saturated rings. The summed E-state index contributed by atoms with van der Waals surface area (Å²) in [5, 5.41) is 3.34. The summed E-state index contributed by atoms with van der Waals surface area (Å²) < 4.78 is 14.3. The first-order valence-corrected chi connectivity index (χ1v) is 6.45. The molecule has 1 aromatic carbocycles. The van der Waals surface area contributed by atoms with Gasteiger partial charge in [-0.2, -0.15) is 0 Å². The molecule has 0 saturated carbocycles. The third-order valence-electron chi connectivity index (χ3n) is 2.48. The van der Waals surface area contributed by atoms with Crippen molar-refractivity contribution in [2.75, 3.05) is 0 Å². The molecule has 90 valence electrons. The van der Waals surface area contributed by atoms with E-state index in [1.54, 1.807) is 0 Å². The van der Waals surface area contributed by atoms with Crippen LogP contribution in [0.3, 0.4) is 0 Å². The van der Waals surface area contributed by atoms with Crippen LogP contribution in [0.1, 0.15) is 32.8 Å². The molecule has 16 heavy (non-hydrogen) atoms. The largest absolute Gasteiger partial charge is 0.310 e. The van der Waals surface area contributed by atoms with Crippen molar-refractivity contribution in [1.82, 2.24) is 5.32 Å². The maximum Gasteiger partial charge on any atom is 0.128 e. The van der Waals surface area contributed by atoms with Gasteiger partial charge in [0.25, 0.3) is 0 Å². The van der Waals surface area contributed by atoms with E-state index in [-0.39, 0.29) is 5.82 Å². The molecule has 1 N–H and O–H groups in total. The molecule has 0 radical (unpaired) electrons. The Morgan fingerprint density at radius 2 is 2.00 bits per heavy atom. The van der Waals surface area contributed by atoms with Crippen molar-refractivity contribution in [2.24, 2.45) is 5.92 Å². The van der Waals surface area contributed by atoms with Crippen molar-refractivity contribution >= 4 is 15.9 Å². The Kier molecular flexibility index (Phi) is 5.42. The van der Waals surface area contributed by atoms with E-state index in [0.717, 1.165) is 16.5 Å². The van der Waals surface area contributed by atoms with Gasteiger partial charge in [0.15, 0.2) is 0 Å². The van der Waals surface area contributed by atoms with E-state index in [9.17, 15) is 4.39 Å². The average molecular weight is 288 g/mol. The number of halogens is 2. The van der Waals surface area contributed by atoms with E-state index in [4.69, 9.17) is 0 Å². The molecule has 1 unspecified atom stereocenters. The second-order valence-corrected chi connectivity index (χ2v) is 5.56. The number of hydrogen-bond acceptors (Lipinski definition) is 1. The molecule has 0 bridgehead atoms. The summed E-state index contributed by atoms with van der Waals surface area (Å²) in [6.07, 6.45) is 1.11. The van der Waals surface area contributed by atoms with E-state index in [1.165, 1.54) is 6.07 Å². The van der Waals surface area contributed by atoms with Gasteiger partial charge < -0.3 is 5.32 Å². The summed E-state index contributed by atoms with van der Waals surface area (Å²) >= 11 is 3.25. The van der Waals surface area contributed by atoms with Gasteiger partial charge in [-0.1, -0.05) is 35.8 Å². The van der Waals surface area contributed by atoms with Crippen molar-refractivity contribution < 1.29 is 4.39 Å². The summed E-state index contributed by atoms with van der Waals surface area (Å²) in [4.78, 5) is 0. The van der Waals surface area contributed by atoms with Gasteiger partial charge in [-0.05, 0) is 31.4 Å². The standard InChI is InChI=1S/C13H19BrFN/c1-9(2)6-10(3)16-8-11-4-5-12(14)7-13(11)15/h4-5,7,9-10,16H,6,8H2,1-3H3. The second kappa shape index (κ2) is 6.36. The van der Waals surface area contributed by atoms with Crippen LogP contribution >= 0.6 is 15.9 Å². The monoisotopic (exact) mass is 287 g/mol. The van der Waals surface area contributed by atoms with Crippen LogP contribution in [0.4, 0.5) is 4.39 Å². The van der Waals surface area contributed by atoms with Crippen molar-refractivity contribution in [3.63, 3.8) is 0 Å². The zero-order chi connectivity index (χ0) is 12.1. The Bertz CT molecular complexity index is 339. The molecule has 0 saturated heterocycles. The lowest BCUT2D eigenvalue weighted by Crippen LogP contribution is -2.27. The molecule has 0 aliphatic heterocycles. The van der Waals surface area contributed by atoms with Gasteiger partial charge in [-0.3, -0.25) is 0 Å². The van der Waals surface area contributed by atoms with Crippen molar-refractivity contribution in [2.45, 2.75) is 39.8 Å². The summed E-state index contributed by atoms with van der Waals surface area (Å²) in [5.41, 5.74) is 0.721. The van der Waals surface area contributed by atoms with Crippen LogP contribution in [0.25, 0.3) is 0 Å². The minimum absolute atomic E-state index is 0.154. The lowest BCUT2D eigenvalue weighted by Gasteiger charge is -2.16. The Morgan fingerprint density at radius 1 is 1.31 bits per heavy atom. The zero-order valence-electron chi connectivity index (χ0n) is 10.1. The molecule has 0 aliphatic rings. The van der Waals surface area contributed by atoms with Crippen LogP contribution in [0.5, 0.6) is 0 Å². The zero-order valence-corrected chi connectivity index (χ0v) is 11.6. The third kappa shape index (κ3) is 4.62. The van der Waals surface area contributed by atoms with E-state index in [1.807, 2.05) is 12.1 Å². The first-order chi connectivity index (χ1) is 7.49. The van der Waals surface area contributed by atoms with Gasteiger partial charge in [-0.15, -0.1) is 0 Å². The van der Waals surface area contributed by atoms with Gasteiger partial charge in [0.2, 0.25) is 0 Å². The molecular weight excluding hydrogens is 269 g/mol. The van der Waals surface area contributed by atoms with Gasteiger partial charge >= 0.3 is 0 Å².